The van der Waals surface area contributed by atoms with Crippen molar-refractivity contribution in [3.05, 3.63) is 115 Å². The average Bonchev–Trinajstić information content (AvgIpc) is 3.04. The van der Waals surface area contributed by atoms with Crippen LogP contribution in [0.5, 0.6) is 11.5 Å². The molecular weight excluding hydrogens is 617 g/mol. The summed E-state index contributed by atoms with van der Waals surface area (Å²) in [6, 6.07) is 37.9. The Labute approximate surface area is 274 Å². The first-order valence-electron chi connectivity index (χ1n) is 15.8. The molecule has 0 aromatic heterocycles. The SMILES string of the molecule is CS(=O)(=O)[O-].O=C(Cc1ccc(O)c(O)c1)NCCCCCCCCCC[P+](c1ccccc1)(c1ccccc1)c1ccccc1. The van der Waals surface area contributed by atoms with E-state index >= 15 is 0 Å². The van der Waals surface area contributed by atoms with E-state index in [0.29, 0.717) is 18.4 Å². The molecule has 7 nitrogen and oxygen atoms in total. The van der Waals surface area contributed by atoms with Crippen molar-refractivity contribution in [1.29, 1.82) is 0 Å². The van der Waals surface area contributed by atoms with Gasteiger partial charge in [0.15, 0.2) is 11.5 Å². The van der Waals surface area contributed by atoms with Crippen molar-refractivity contribution in [3.63, 3.8) is 0 Å². The number of carbonyl (C=O) groups is 1. The number of phenolic OH excluding ortho intramolecular Hbond substituents is 2. The van der Waals surface area contributed by atoms with Crippen molar-refractivity contribution < 1.29 is 28.0 Å². The Morgan fingerprint density at radius 3 is 1.50 bits per heavy atom. The molecule has 0 spiro atoms. The van der Waals surface area contributed by atoms with Gasteiger partial charge in [0, 0.05) is 12.8 Å². The number of phenols is 2. The Bertz CT molecular complexity index is 1460. The van der Waals surface area contributed by atoms with Gasteiger partial charge in [0.25, 0.3) is 0 Å². The van der Waals surface area contributed by atoms with Crippen molar-refractivity contribution in [2.45, 2.75) is 57.8 Å². The van der Waals surface area contributed by atoms with E-state index in [9.17, 15) is 15.0 Å². The van der Waals surface area contributed by atoms with E-state index in [2.05, 4.69) is 96.3 Å². The monoisotopic (exact) mass is 663 g/mol. The van der Waals surface area contributed by atoms with Crippen LogP contribution in [0, 0.1) is 0 Å². The van der Waals surface area contributed by atoms with Crippen molar-refractivity contribution in [1.82, 2.24) is 5.32 Å². The number of benzene rings is 4. The van der Waals surface area contributed by atoms with Gasteiger partial charge in [-0.05, 0) is 73.4 Å². The van der Waals surface area contributed by atoms with E-state index < -0.39 is 17.4 Å². The molecule has 0 bridgehead atoms. The third-order valence-electron chi connectivity index (χ3n) is 7.74. The zero-order valence-electron chi connectivity index (χ0n) is 26.6. The minimum atomic E-state index is -3.92. The zero-order valence-corrected chi connectivity index (χ0v) is 28.3. The number of amides is 1. The van der Waals surface area contributed by atoms with E-state index in [1.165, 1.54) is 72.7 Å². The highest BCUT2D eigenvalue weighted by Gasteiger charge is 2.44. The van der Waals surface area contributed by atoms with E-state index in [4.69, 9.17) is 13.0 Å². The first-order chi connectivity index (χ1) is 22.1. The molecule has 4 rings (SSSR count). The molecule has 0 saturated carbocycles. The van der Waals surface area contributed by atoms with Crippen LogP contribution in [0.25, 0.3) is 0 Å². The number of hydrogen-bond acceptors (Lipinski definition) is 6. The molecule has 0 atom stereocenters. The van der Waals surface area contributed by atoms with Gasteiger partial charge in [0.05, 0.1) is 22.7 Å². The lowest BCUT2D eigenvalue weighted by molar-refractivity contribution is -0.120. The molecule has 4 aromatic rings. The highest BCUT2D eigenvalue weighted by atomic mass is 32.2. The van der Waals surface area contributed by atoms with Crippen LogP contribution in [-0.2, 0) is 21.3 Å². The fraction of sp³-hybridized carbons (Fsp3) is 0.324. The van der Waals surface area contributed by atoms with Crippen molar-refractivity contribution in [2.75, 3.05) is 19.0 Å². The number of rotatable bonds is 16. The summed E-state index contributed by atoms with van der Waals surface area (Å²) in [5, 5.41) is 26.3. The summed E-state index contributed by atoms with van der Waals surface area (Å²) in [6.45, 7) is 0.674. The molecule has 9 heteroatoms. The van der Waals surface area contributed by atoms with Crippen LogP contribution >= 0.6 is 7.26 Å². The molecule has 0 heterocycles. The molecule has 0 aliphatic rings. The van der Waals surface area contributed by atoms with E-state index in [1.807, 2.05) is 0 Å². The quantitative estimate of drug-likeness (QED) is 0.0582. The molecular formula is C37H46NO6PS. The van der Waals surface area contributed by atoms with E-state index in [0.717, 1.165) is 12.8 Å². The molecule has 1 amide bonds. The smallest absolute Gasteiger partial charge is 0.224 e. The van der Waals surface area contributed by atoms with Gasteiger partial charge >= 0.3 is 0 Å². The Morgan fingerprint density at radius 1 is 0.652 bits per heavy atom. The maximum absolute atomic E-state index is 12.1. The Hall–Kier alpha value is -3.71. The number of carbonyl (C=O) groups excluding carboxylic acids is 1. The fourth-order valence-corrected chi connectivity index (χ4v) is 9.98. The van der Waals surface area contributed by atoms with Crippen LogP contribution in [-0.4, -0.2) is 48.1 Å². The molecule has 0 fully saturated rings. The summed E-state index contributed by atoms with van der Waals surface area (Å²) >= 11 is 0. The summed E-state index contributed by atoms with van der Waals surface area (Å²) in [6.07, 6.45) is 11.5. The molecule has 0 unspecified atom stereocenters. The summed E-state index contributed by atoms with van der Waals surface area (Å²) in [7, 11) is -5.64. The number of unbranched alkanes of at least 4 members (excludes halogenated alkanes) is 7. The van der Waals surface area contributed by atoms with Gasteiger partial charge in [-0.15, -0.1) is 0 Å². The number of hydrogen-bond donors (Lipinski definition) is 3. The van der Waals surface area contributed by atoms with Crippen molar-refractivity contribution in [3.8, 4) is 11.5 Å². The fourth-order valence-electron chi connectivity index (χ4n) is 5.57. The topological polar surface area (TPSA) is 127 Å². The zero-order chi connectivity index (χ0) is 33.3. The van der Waals surface area contributed by atoms with Crippen LogP contribution in [0.1, 0.15) is 56.9 Å². The second-order valence-electron chi connectivity index (χ2n) is 11.4. The summed E-state index contributed by atoms with van der Waals surface area (Å²) in [5.74, 6) is -0.425. The maximum atomic E-state index is 12.1. The van der Waals surface area contributed by atoms with Gasteiger partial charge in [-0.1, -0.05) is 92.8 Å². The minimum Gasteiger partial charge on any atom is -0.748 e. The van der Waals surface area contributed by atoms with Crippen LogP contribution in [0.3, 0.4) is 0 Å². The first kappa shape index (κ1) is 36.8. The first-order valence-corrected chi connectivity index (χ1v) is 19.6. The lowest BCUT2D eigenvalue weighted by atomic mass is 10.1. The normalized spacial score (nSPS) is 11.3. The van der Waals surface area contributed by atoms with Gasteiger partial charge < -0.3 is 20.1 Å². The molecule has 0 saturated heterocycles. The molecule has 0 aliphatic carbocycles. The molecule has 246 valence electrons. The second-order valence-corrected chi connectivity index (χ2v) is 16.4. The van der Waals surface area contributed by atoms with Crippen LogP contribution in [0.15, 0.2) is 109 Å². The number of nitrogens with one attached hydrogen (secondary N) is 1. The van der Waals surface area contributed by atoms with E-state index in [1.54, 1.807) is 6.07 Å². The van der Waals surface area contributed by atoms with Gasteiger partial charge in [0.1, 0.15) is 23.2 Å². The molecule has 4 aromatic carbocycles. The minimum absolute atomic E-state index is 0.0597. The van der Waals surface area contributed by atoms with Crippen LogP contribution < -0.4 is 21.2 Å². The molecule has 0 radical (unpaired) electrons. The van der Waals surface area contributed by atoms with Gasteiger partial charge in [-0.2, -0.15) is 0 Å². The van der Waals surface area contributed by atoms with Crippen LogP contribution in [0.4, 0.5) is 0 Å². The van der Waals surface area contributed by atoms with Crippen molar-refractivity contribution >= 4 is 39.2 Å². The third-order valence-corrected chi connectivity index (χ3v) is 12.3. The van der Waals surface area contributed by atoms with E-state index in [-0.39, 0.29) is 23.8 Å². The number of aromatic hydroxyl groups is 2. The highest BCUT2D eigenvalue weighted by molar-refractivity contribution is 7.95. The highest BCUT2D eigenvalue weighted by Crippen LogP contribution is 2.56. The predicted molar refractivity (Wildman–Crippen MR) is 189 cm³/mol. The van der Waals surface area contributed by atoms with Gasteiger partial charge in [-0.25, -0.2) is 8.42 Å². The summed E-state index contributed by atoms with van der Waals surface area (Å²) < 4.78 is 27.2. The molecule has 46 heavy (non-hydrogen) atoms. The molecule has 0 aliphatic heterocycles. The predicted octanol–water partition coefficient (Wildman–Crippen LogP) is 6.03. The average molecular weight is 664 g/mol. The second kappa shape index (κ2) is 19.1. The van der Waals surface area contributed by atoms with Crippen LogP contribution in [0.2, 0.25) is 0 Å². The third kappa shape index (κ3) is 12.6. The van der Waals surface area contributed by atoms with Gasteiger partial charge in [0.2, 0.25) is 5.91 Å². The lowest BCUT2D eigenvalue weighted by Gasteiger charge is -2.27. The Morgan fingerprint density at radius 2 is 1.07 bits per heavy atom. The Balaban J connectivity index is 0.00000107. The van der Waals surface area contributed by atoms with Gasteiger partial charge in [-0.3, -0.25) is 4.79 Å². The largest absolute Gasteiger partial charge is 0.748 e. The molecule has 3 N–H and O–H groups in total. The summed E-state index contributed by atoms with van der Waals surface area (Å²) in [4.78, 5) is 12.1. The summed E-state index contributed by atoms with van der Waals surface area (Å²) in [5.41, 5.74) is 0.688. The Kier molecular flexibility index (Phi) is 15.2. The lowest BCUT2D eigenvalue weighted by Crippen LogP contribution is -2.33. The van der Waals surface area contributed by atoms with Crippen molar-refractivity contribution in [2.24, 2.45) is 0 Å². The standard InChI is InChI=1S/C36H42NO3P.CH4O3S/c38-34-25-24-30(28-35(34)39)29-36(40)37-26-16-5-3-1-2-4-6-17-27-41(31-18-10-7-11-19-31,32-20-12-8-13-21-32)33-22-14-9-15-23-33;1-5(2,3)4/h7-15,18-25,28H,1-6,16-17,26-27,29H2,(H2-,37,38,39,40);1H3,(H,2,3,4). The maximum Gasteiger partial charge on any atom is 0.224 e.